The number of nitrogens with zero attached hydrogens (tertiary/aromatic N) is 4. The predicted molar refractivity (Wildman–Crippen MR) is 102 cm³/mol. The van der Waals surface area contributed by atoms with Crippen molar-refractivity contribution in [3.05, 3.63) is 59.9 Å². The molecule has 0 spiro atoms. The van der Waals surface area contributed by atoms with Crippen LogP contribution in [0.15, 0.2) is 48.5 Å². The van der Waals surface area contributed by atoms with Crippen LogP contribution in [0.5, 0.6) is 5.75 Å². The maximum absolute atomic E-state index is 12.7. The van der Waals surface area contributed by atoms with Gasteiger partial charge in [-0.2, -0.15) is 23.1 Å². The van der Waals surface area contributed by atoms with Gasteiger partial charge in [-0.3, -0.25) is 4.57 Å². The Balaban J connectivity index is 1.76. The van der Waals surface area contributed by atoms with Gasteiger partial charge in [0, 0.05) is 5.69 Å². The van der Waals surface area contributed by atoms with E-state index in [4.69, 9.17) is 5.73 Å². The highest BCUT2D eigenvalue weighted by molar-refractivity contribution is 5.79. The zero-order valence-corrected chi connectivity index (χ0v) is 15.1. The van der Waals surface area contributed by atoms with Crippen molar-refractivity contribution in [3.8, 4) is 11.6 Å². The van der Waals surface area contributed by atoms with Crippen LogP contribution in [0.4, 0.5) is 30.6 Å². The van der Waals surface area contributed by atoms with Gasteiger partial charge in [-0.1, -0.05) is 12.1 Å². The predicted octanol–water partition coefficient (Wildman–Crippen LogP) is 4.17. The van der Waals surface area contributed by atoms with E-state index < -0.39 is 11.7 Å². The maximum atomic E-state index is 12.7. The van der Waals surface area contributed by atoms with Crippen LogP contribution >= 0.6 is 0 Å². The summed E-state index contributed by atoms with van der Waals surface area (Å²) in [6.07, 6.45) is -4.43. The van der Waals surface area contributed by atoms with Gasteiger partial charge in [0.05, 0.1) is 16.6 Å². The van der Waals surface area contributed by atoms with E-state index in [1.807, 2.05) is 24.3 Å². The molecule has 4 aromatic rings. The Morgan fingerprint density at radius 2 is 1.69 bits per heavy atom. The fourth-order valence-electron chi connectivity index (χ4n) is 2.96. The first-order chi connectivity index (χ1) is 13.7. The number of nitrogens with one attached hydrogen (secondary N) is 1. The standard InChI is InChI=1S/C19H15F3N6O/c1-10-24-13-4-2-3-5-14(13)28(10)17-15(29)16(23)26-18(27-17)25-12-8-6-11(7-9-12)19(20,21)22/h2-9,29H,1H3,(H3,23,25,26,27). The number of aromatic nitrogens is 4. The molecule has 0 fully saturated rings. The summed E-state index contributed by atoms with van der Waals surface area (Å²) in [7, 11) is 0. The largest absolute Gasteiger partial charge is 0.502 e. The first kappa shape index (κ1) is 18.5. The minimum Gasteiger partial charge on any atom is -0.502 e. The van der Waals surface area contributed by atoms with Crippen molar-refractivity contribution in [2.24, 2.45) is 0 Å². The second-order valence-corrected chi connectivity index (χ2v) is 6.29. The third-order valence-electron chi connectivity index (χ3n) is 4.30. The van der Waals surface area contributed by atoms with Gasteiger partial charge in [0.15, 0.2) is 11.6 Å². The smallest absolute Gasteiger partial charge is 0.416 e. The zero-order chi connectivity index (χ0) is 20.8. The Bertz CT molecular complexity index is 1200. The van der Waals surface area contributed by atoms with Crippen molar-refractivity contribution in [1.82, 2.24) is 19.5 Å². The summed E-state index contributed by atoms with van der Waals surface area (Å²) in [6, 6.07) is 11.7. The molecular weight excluding hydrogens is 385 g/mol. The number of hydrogen-bond donors (Lipinski definition) is 3. The molecule has 0 bridgehead atoms. The molecule has 29 heavy (non-hydrogen) atoms. The monoisotopic (exact) mass is 400 g/mol. The molecule has 0 atom stereocenters. The van der Waals surface area contributed by atoms with Crippen molar-refractivity contribution in [2.75, 3.05) is 11.1 Å². The second kappa shape index (κ2) is 6.66. The van der Waals surface area contributed by atoms with Gasteiger partial charge in [-0.15, -0.1) is 0 Å². The molecule has 0 radical (unpaired) electrons. The average Bonchev–Trinajstić information content (AvgIpc) is 3.00. The quantitative estimate of drug-likeness (QED) is 0.477. The van der Waals surface area contributed by atoms with Crippen LogP contribution in [0.1, 0.15) is 11.4 Å². The van der Waals surface area contributed by atoms with Crippen LogP contribution in [0.25, 0.3) is 16.9 Å². The summed E-state index contributed by atoms with van der Waals surface area (Å²) in [4.78, 5) is 12.7. The molecule has 0 aliphatic carbocycles. The summed E-state index contributed by atoms with van der Waals surface area (Å²) < 4.78 is 39.8. The van der Waals surface area contributed by atoms with E-state index in [9.17, 15) is 18.3 Å². The lowest BCUT2D eigenvalue weighted by Crippen LogP contribution is -2.08. The van der Waals surface area contributed by atoms with E-state index in [1.165, 1.54) is 12.1 Å². The molecule has 0 aliphatic rings. The second-order valence-electron chi connectivity index (χ2n) is 6.29. The van der Waals surface area contributed by atoms with Crippen molar-refractivity contribution >= 4 is 28.5 Å². The number of aromatic hydroxyl groups is 1. The van der Waals surface area contributed by atoms with Crippen molar-refractivity contribution < 1.29 is 18.3 Å². The van der Waals surface area contributed by atoms with E-state index in [-0.39, 0.29) is 23.3 Å². The molecule has 148 valence electrons. The number of nitrogen functional groups attached to an aromatic ring is 1. The van der Waals surface area contributed by atoms with Crippen LogP contribution in [0, 0.1) is 6.92 Å². The first-order valence-electron chi connectivity index (χ1n) is 8.49. The van der Waals surface area contributed by atoms with Gasteiger partial charge in [0.25, 0.3) is 0 Å². The highest BCUT2D eigenvalue weighted by atomic mass is 19.4. The summed E-state index contributed by atoms with van der Waals surface area (Å²) in [5.74, 6) is 0.196. The molecule has 2 aromatic carbocycles. The van der Waals surface area contributed by atoms with Gasteiger partial charge in [0.2, 0.25) is 11.7 Å². The number of aryl methyl sites for hydroxylation is 1. The van der Waals surface area contributed by atoms with Gasteiger partial charge in [-0.25, -0.2) is 4.98 Å². The topological polar surface area (TPSA) is 102 Å². The number of fused-ring (bicyclic) bond motifs is 1. The number of anilines is 3. The van der Waals surface area contributed by atoms with Crippen LogP contribution < -0.4 is 11.1 Å². The van der Waals surface area contributed by atoms with Crippen molar-refractivity contribution in [3.63, 3.8) is 0 Å². The number of rotatable bonds is 3. The summed E-state index contributed by atoms with van der Waals surface area (Å²) in [5.41, 5.74) is 6.81. The Labute approximate surface area is 162 Å². The maximum Gasteiger partial charge on any atom is 0.416 e. The summed E-state index contributed by atoms with van der Waals surface area (Å²) in [6.45, 7) is 1.75. The van der Waals surface area contributed by atoms with Crippen LogP contribution in [0.2, 0.25) is 0 Å². The number of benzene rings is 2. The van der Waals surface area contributed by atoms with Crippen molar-refractivity contribution in [1.29, 1.82) is 0 Å². The summed E-state index contributed by atoms with van der Waals surface area (Å²) in [5, 5.41) is 13.2. The molecular formula is C19H15F3N6O. The van der Waals surface area contributed by atoms with Crippen LogP contribution in [0.3, 0.4) is 0 Å². The Hall–Kier alpha value is -3.82. The molecule has 7 nitrogen and oxygen atoms in total. The molecule has 4 N–H and O–H groups in total. The number of imidazole rings is 1. The highest BCUT2D eigenvalue weighted by Crippen LogP contribution is 2.32. The van der Waals surface area contributed by atoms with Gasteiger partial charge < -0.3 is 16.2 Å². The number of alkyl halides is 3. The lowest BCUT2D eigenvalue weighted by molar-refractivity contribution is -0.137. The molecule has 0 saturated heterocycles. The molecule has 2 heterocycles. The number of halogens is 3. The Kier molecular flexibility index (Phi) is 4.26. The SMILES string of the molecule is Cc1nc2ccccc2n1-c1nc(Nc2ccc(C(F)(F)F)cc2)nc(N)c1O. The number of nitrogens with two attached hydrogens (primary N) is 1. The fourth-order valence-corrected chi connectivity index (χ4v) is 2.96. The van der Waals surface area contributed by atoms with E-state index in [0.717, 1.165) is 12.1 Å². The lowest BCUT2D eigenvalue weighted by atomic mass is 10.2. The molecule has 0 unspecified atom stereocenters. The Morgan fingerprint density at radius 3 is 2.38 bits per heavy atom. The molecule has 0 amide bonds. The molecule has 4 rings (SSSR count). The van der Waals surface area contributed by atoms with Crippen LogP contribution in [-0.2, 0) is 6.18 Å². The number of hydrogen-bond acceptors (Lipinski definition) is 6. The van der Waals surface area contributed by atoms with E-state index in [1.54, 1.807) is 11.5 Å². The minimum absolute atomic E-state index is 0.0206. The van der Waals surface area contributed by atoms with Crippen LogP contribution in [-0.4, -0.2) is 24.6 Å². The first-order valence-corrected chi connectivity index (χ1v) is 8.49. The molecule has 2 aromatic heterocycles. The van der Waals surface area contributed by atoms with Gasteiger partial charge in [-0.05, 0) is 43.3 Å². The Morgan fingerprint density at radius 1 is 1.00 bits per heavy atom. The number of para-hydroxylation sites is 2. The third kappa shape index (κ3) is 3.40. The lowest BCUT2D eigenvalue weighted by Gasteiger charge is -2.13. The summed E-state index contributed by atoms with van der Waals surface area (Å²) >= 11 is 0. The average molecular weight is 400 g/mol. The van der Waals surface area contributed by atoms with Gasteiger partial charge in [0.1, 0.15) is 5.82 Å². The van der Waals surface area contributed by atoms with E-state index in [0.29, 0.717) is 22.5 Å². The van der Waals surface area contributed by atoms with E-state index >= 15 is 0 Å². The third-order valence-corrected chi connectivity index (χ3v) is 4.30. The minimum atomic E-state index is -4.43. The molecule has 0 aliphatic heterocycles. The van der Waals surface area contributed by atoms with Gasteiger partial charge >= 0.3 is 6.18 Å². The normalized spacial score (nSPS) is 11.7. The highest BCUT2D eigenvalue weighted by Gasteiger charge is 2.30. The molecule has 0 saturated carbocycles. The van der Waals surface area contributed by atoms with Crippen molar-refractivity contribution in [2.45, 2.75) is 13.1 Å². The fraction of sp³-hybridized carbons (Fsp3) is 0.105. The molecule has 10 heteroatoms. The van der Waals surface area contributed by atoms with E-state index in [2.05, 4.69) is 20.3 Å². The zero-order valence-electron chi connectivity index (χ0n) is 15.1.